The number of carbonyl (C=O) groups is 3. The fourth-order valence-corrected chi connectivity index (χ4v) is 3.69. The number of rotatable bonds is 9. The first-order chi connectivity index (χ1) is 17.4. The molecule has 8 nitrogen and oxygen atoms in total. The quantitative estimate of drug-likeness (QED) is 0.310. The van der Waals surface area contributed by atoms with E-state index in [1.807, 2.05) is 24.3 Å². The molecule has 4 rings (SSSR count). The maximum Gasteiger partial charge on any atom is 0.329 e. The molecule has 36 heavy (non-hydrogen) atoms. The van der Waals surface area contributed by atoms with E-state index in [1.54, 1.807) is 30.5 Å². The molecule has 0 aliphatic heterocycles. The lowest BCUT2D eigenvalue weighted by Crippen LogP contribution is -2.44. The second-order valence-electron chi connectivity index (χ2n) is 7.98. The van der Waals surface area contributed by atoms with Crippen molar-refractivity contribution in [3.05, 3.63) is 95.9 Å². The number of nitrogens with one attached hydrogen (secondary N) is 3. The summed E-state index contributed by atoms with van der Waals surface area (Å²) in [5.74, 6) is -1.82. The molecule has 0 unspecified atom stereocenters. The van der Waals surface area contributed by atoms with Crippen LogP contribution in [0.4, 0.5) is 10.1 Å². The number of para-hydroxylation sites is 1. The molecule has 9 heteroatoms. The molecule has 0 saturated carbocycles. The highest BCUT2D eigenvalue weighted by molar-refractivity contribution is 5.98. The molecule has 0 radical (unpaired) electrons. The number of hydrogen-bond acceptors (Lipinski definition) is 5. The monoisotopic (exact) mass is 489 g/mol. The van der Waals surface area contributed by atoms with Crippen molar-refractivity contribution in [3.63, 3.8) is 0 Å². The van der Waals surface area contributed by atoms with Gasteiger partial charge in [-0.1, -0.05) is 24.3 Å². The molecule has 0 bridgehead atoms. The van der Waals surface area contributed by atoms with Crippen LogP contribution in [0.25, 0.3) is 10.9 Å². The molecule has 1 atom stereocenters. The Kier molecular flexibility index (Phi) is 7.60. The second-order valence-corrected chi connectivity index (χ2v) is 7.98. The largest absolute Gasteiger partial charge is 0.497 e. The van der Waals surface area contributed by atoms with Gasteiger partial charge >= 0.3 is 5.97 Å². The zero-order chi connectivity index (χ0) is 25.5. The number of benzene rings is 3. The molecular formula is C27H24FN3O5. The average molecular weight is 490 g/mol. The number of anilines is 1. The van der Waals surface area contributed by atoms with Crippen molar-refractivity contribution in [2.45, 2.75) is 12.5 Å². The average Bonchev–Trinajstić information content (AvgIpc) is 3.30. The van der Waals surface area contributed by atoms with Gasteiger partial charge in [-0.05, 0) is 48.0 Å². The first-order valence-electron chi connectivity index (χ1n) is 11.1. The van der Waals surface area contributed by atoms with Crippen LogP contribution in [-0.4, -0.2) is 42.5 Å². The topological polar surface area (TPSA) is 110 Å². The van der Waals surface area contributed by atoms with E-state index in [-0.39, 0.29) is 12.0 Å². The summed E-state index contributed by atoms with van der Waals surface area (Å²) in [5, 5.41) is 6.17. The molecular weight excluding hydrogens is 465 g/mol. The van der Waals surface area contributed by atoms with E-state index in [2.05, 4.69) is 15.6 Å². The molecule has 0 fully saturated rings. The van der Waals surface area contributed by atoms with E-state index >= 15 is 0 Å². The van der Waals surface area contributed by atoms with Gasteiger partial charge < -0.3 is 25.1 Å². The zero-order valence-corrected chi connectivity index (χ0v) is 19.4. The van der Waals surface area contributed by atoms with Crippen LogP contribution < -0.4 is 15.4 Å². The van der Waals surface area contributed by atoms with Gasteiger partial charge in [0.15, 0.2) is 6.61 Å². The van der Waals surface area contributed by atoms with Crippen LogP contribution in [0, 0.1) is 5.82 Å². The predicted molar refractivity (Wildman–Crippen MR) is 132 cm³/mol. The molecule has 3 aromatic carbocycles. The zero-order valence-electron chi connectivity index (χ0n) is 19.4. The second kappa shape index (κ2) is 11.2. The van der Waals surface area contributed by atoms with Gasteiger partial charge in [0.05, 0.1) is 7.11 Å². The minimum absolute atomic E-state index is 0.118. The van der Waals surface area contributed by atoms with Crippen LogP contribution in [0.3, 0.4) is 0 Å². The molecule has 1 aromatic heterocycles. The molecule has 1 heterocycles. The fraction of sp³-hybridized carbons (Fsp3) is 0.148. The molecule has 0 spiro atoms. The lowest BCUT2D eigenvalue weighted by atomic mass is 10.0. The summed E-state index contributed by atoms with van der Waals surface area (Å²) in [7, 11) is 1.51. The Morgan fingerprint density at radius 2 is 1.78 bits per heavy atom. The lowest BCUT2D eigenvalue weighted by molar-refractivity contribution is -0.149. The minimum Gasteiger partial charge on any atom is -0.497 e. The maximum absolute atomic E-state index is 13.3. The van der Waals surface area contributed by atoms with E-state index in [1.165, 1.54) is 19.2 Å². The van der Waals surface area contributed by atoms with E-state index in [0.717, 1.165) is 28.6 Å². The number of hydrogen-bond donors (Lipinski definition) is 3. The number of esters is 1. The predicted octanol–water partition coefficient (Wildman–Crippen LogP) is 3.84. The molecule has 3 N–H and O–H groups in total. The Balaban J connectivity index is 1.46. The van der Waals surface area contributed by atoms with Crippen LogP contribution in [0.1, 0.15) is 15.9 Å². The van der Waals surface area contributed by atoms with Crippen LogP contribution in [0.15, 0.2) is 79.0 Å². The van der Waals surface area contributed by atoms with Crippen molar-refractivity contribution in [2.24, 2.45) is 0 Å². The molecule has 2 amide bonds. The van der Waals surface area contributed by atoms with E-state index in [4.69, 9.17) is 9.47 Å². The highest BCUT2D eigenvalue weighted by Gasteiger charge is 2.25. The minimum atomic E-state index is -1.09. The maximum atomic E-state index is 13.3. The smallest absolute Gasteiger partial charge is 0.329 e. The number of fused-ring (bicyclic) bond motifs is 1. The van der Waals surface area contributed by atoms with Gasteiger partial charge in [-0.2, -0.15) is 0 Å². The number of aromatic nitrogens is 1. The number of methoxy groups -OCH3 is 1. The highest BCUT2D eigenvalue weighted by Crippen LogP contribution is 2.20. The van der Waals surface area contributed by atoms with Gasteiger partial charge in [-0.25, -0.2) is 9.18 Å². The van der Waals surface area contributed by atoms with Gasteiger partial charge in [-0.3, -0.25) is 9.59 Å². The summed E-state index contributed by atoms with van der Waals surface area (Å²) >= 11 is 0. The summed E-state index contributed by atoms with van der Waals surface area (Å²) in [6.07, 6.45) is 1.87. The van der Waals surface area contributed by atoms with Crippen LogP contribution in [0.2, 0.25) is 0 Å². The van der Waals surface area contributed by atoms with Crippen molar-refractivity contribution in [1.82, 2.24) is 10.3 Å². The SMILES string of the molecule is COc1cccc(NC(=O)COC(=O)[C@H](Cc2c[nH]c3ccccc23)NC(=O)c2ccc(F)cc2)c1. The summed E-state index contributed by atoms with van der Waals surface area (Å²) < 4.78 is 23.6. The number of ether oxygens (including phenoxy) is 2. The third-order valence-electron chi connectivity index (χ3n) is 5.49. The normalized spacial score (nSPS) is 11.5. The number of halogens is 1. The standard InChI is InChI=1S/C27H24FN3O5/c1-35-21-6-4-5-20(14-21)30-25(32)16-36-27(34)24(31-26(33)17-9-11-19(28)12-10-17)13-18-15-29-23-8-3-2-7-22(18)23/h2-12,14-15,24,29H,13,16H2,1H3,(H,30,32)(H,31,33)/t24-/m0/s1. The third kappa shape index (κ3) is 6.06. The van der Waals surface area contributed by atoms with Crippen LogP contribution in [0.5, 0.6) is 5.75 Å². The Morgan fingerprint density at radius 1 is 1.00 bits per heavy atom. The first kappa shape index (κ1) is 24.5. The van der Waals surface area contributed by atoms with E-state index < -0.39 is 36.2 Å². The first-order valence-corrected chi connectivity index (χ1v) is 11.1. The Labute approximate surface area is 206 Å². The van der Waals surface area contributed by atoms with Crippen molar-refractivity contribution >= 4 is 34.4 Å². The van der Waals surface area contributed by atoms with Crippen molar-refractivity contribution in [2.75, 3.05) is 19.0 Å². The van der Waals surface area contributed by atoms with Crippen molar-refractivity contribution < 1.29 is 28.2 Å². The van der Waals surface area contributed by atoms with Crippen LogP contribution >= 0.6 is 0 Å². The van der Waals surface area contributed by atoms with Gasteiger partial charge in [0, 0.05) is 40.8 Å². The Morgan fingerprint density at radius 3 is 2.56 bits per heavy atom. The van der Waals surface area contributed by atoms with Crippen molar-refractivity contribution in [1.29, 1.82) is 0 Å². The summed E-state index contributed by atoms with van der Waals surface area (Å²) in [6.45, 7) is -0.549. The van der Waals surface area contributed by atoms with E-state index in [9.17, 15) is 18.8 Å². The molecule has 0 aliphatic rings. The summed E-state index contributed by atoms with van der Waals surface area (Å²) in [6, 6.07) is 18.1. The molecule has 0 saturated heterocycles. The molecule has 4 aromatic rings. The van der Waals surface area contributed by atoms with Gasteiger partial charge in [0.1, 0.15) is 17.6 Å². The highest BCUT2D eigenvalue weighted by atomic mass is 19.1. The fourth-order valence-electron chi connectivity index (χ4n) is 3.69. The lowest BCUT2D eigenvalue weighted by Gasteiger charge is -2.18. The number of carbonyl (C=O) groups excluding carboxylic acids is 3. The molecule has 0 aliphatic carbocycles. The Bertz CT molecular complexity index is 1380. The summed E-state index contributed by atoms with van der Waals surface area (Å²) in [4.78, 5) is 41.2. The van der Waals surface area contributed by atoms with Gasteiger partial charge in [0.25, 0.3) is 11.8 Å². The van der Waals surface area contributed by atoms with Gasteiger partial charge in [-0.15, -0.1) is 0 Å². The molecule has 184 valence electrons. The number of amides is 2. The van der Waals surface area contributed by atoms with Crippen LogP contribution in [-0.2, 0) is 20.7 Å². The third-order valence-corrected chi connectivity index (χ3v) is 5.49. The van der Waals surface area contributed by atoms with Crippen molar-refractivity contribution in [3.8, 4) is 5.75 Å². The summed E-state index contributed by atoms with van der Waals surface area (Å²) in [5.41, 5.74) is 2.33. The number of aromatic amines is 1. The van der Waals surface area contributed by atoms with Gasteiger partial charge in [0.2, 0.25) is 0 Å². The number of H-pyrrole nitrogens is 1. The Hall–Kier alpha value is -4.66. The van der Waals surface area contributed by atoms with E-state index in [0.29, 0.717) is 11.4 Å².